The van der Waals surface area contributed by atoms with Crippen molar-refractivity contribution in [2.24, 2.45) is 5.73 Å². The summed E-state index contributed by atoms with van der Waals surface area (Å²) in [6.45, 7) is 5.54. The van der Waals surface area contributed by atoms with Crippen molar-refractivity contribution in [2.75, 3.05) is 0 Å². The van der Waals surface area contributed by atoms with Gasteiger partial charge in [0.05, 0.1) is 6.04 Å². The summed E-state index contributed by atoms with van der Waals surface area (Å²) in [7, 11) is 0. The molecule has 1 aromatic carbocycles. The van der Waals surface area contributed by atoms with Gasteiger partial charge in [0.15, 0.2) is 0 Å². The van der Waals surface area contributed by atoms with Crippen LogP contribution in [0.3, 0.4) is 0 Å². The minimum Gasteiger partial charge on any atom is -0.443 e. The number of carbonyl (C=O) groups is 1. The monoisotopic (exact) mass is 311 g/mol. The van der Waals surface area contributed by atoms with Gasteiger partial charge < -0.3 is 10.5 Å². The maximum atomic E-state index is 12.5. The van der Waals surface area contributed by atoms with Gasteiger partial charge in [-0.15, -0.1) is 0 Å². The predicted molar refractivity (Wildman–Crippen MR) is 89.4 cm³/mol. The van der Waals surface area contributed by atoms with Crippen LogP contribution >= 0.6 is 0 Å². The molecule has 3 rings (SSSR count). The van der Waals surface area contributed by atoms with Crippen LogP contribution in [-0.2, 0) is 4.74 Å². The molecular formula is C18H21N3O2. The number of hydrogen-bond acceptors (Lipinski definition) is 4. The van der Waals surface area contributed by atoms with E-state index in [1.54, 1.807) is 6.20 Å². The van der Waals surface area contributed by atoms with Gasteiger partial charge in [0.2, 0.25) is 0 Å². The normalized spacial score (nSPS) is 18.1. The van der Waals surface area contributed by atoms with Gasteiger partial charge in [-0.2, -0.15) is 0 Å². The SMILES string of the molecule is CC(C)(C)OC(=O)N1C(N)=CCC1c1ccc2cnccc2c1. The van der Waals surface area contributed by atoms with Crippen molar-refractivity contribution in [3.05, 3.63) is 54.1 Å². The van der Waals surface area contributed by atoms with E-state index in [0.29, 0.717) is 12.2 Å². The molecule has 1 atom stereocenters. The van der Waals surface area contributed by atoms with Gasteiger partial charge in [-0.3, -0.25) is 9.88 Å². The fourth-order valence-corrected chi connectivity index (χ4v) is 2.75. The molecule has 0 spiro atoms. The third-order valence-electron chi connectivity index (χ3n) is 3.78. The third-order valence-corrected chi connectivity index (χ3v) is 3.78. The van der Waals surface area contributed by atoms with E-state index < -0.39 is 11.7 Å². The van der Waals surface area contributed by atoms with Crippen molar-refractivity contribution in [1.82, 2.24) is 9.88 Å². The molecule has 2 aromatic rings. The molecule has 0 aliphatic carbocycles. The summed E-state index contributed by atoms with van der Waals surface area (Å²) in [4.78, 5) is 18.1. The van der Waals surface area contributed by atoms with E-state index >= 15 is 0 Å². The van der Waals surface area contributed by atoms with Crippen molar-refractivity contribution in [3.8, 4) is 0 Å². The standard InChI is InChI=1S/C18H21N3O2/c1-18(2,3)23-17(22)21-15(6-7-16(21)19)13-4-5-14-11-20-9-8-12(14)10-13/h4-5,7-11,15H,6,19H2,1-3H3. The number of amides is 1. The lowest BCUT2D eigenvalue weighted by atomic mass is 10.0. The largest absolute Gasteiger partial charge is 0.443 e. The molecule has 23 heavy (non-hydrogen) atoms. The molecule has 1 aliphatic heterocycles. The second kappa shape index (κ2) is 5.57. The van der Waals surface area contributed by atoms with Gasteiger partial charge in [0, 0.05) is 17.8 Å². The highest BCUT2D eigenvalue weighted by Crippen LogP contribution is 2.35. The Morgan fingerprint density at radius 3 is 2.83 bits per heavy atom. The summed E-state index contributed by atoms with van der Waals surface area (Å²) in [6, 6.07) is 7.92. The molecule has 0 fully saturated rings. The molecule has 0 radical (unpaired) electrons. The van der Waals surface area contributed by atoms with Gasteiger partial charge in [-0.25, -0.2) is 4.79 Å². The second-order valence-electron chi connectivity index (χ2n) is 6.71. The topological polar surface area (TPSA) is 68.5 Å². The molecule has 0 bridgehead atoms. The summed E-state index contributed by atoms with van der Waals surface area (Å²) in [6.07, 6.45) is 5.72. The highest BCUT2D eigenvalue weighted by molar-refractivity contribution is 5.82. The van der Waals surface area contributed by atoms with E-state index in [1.165, 1.54) is 4.90 Å². The molecule has 0 saturated heterocycles. The van der Waals surface area contributed by atoms with E-state index in [9.17, 15) is 4.79 Å². The highest BCUT2D eigenvalue weighted by Gasteiger charge is 2.34. The smallest absolute Gasteiger partial charge is 0.416 e. The third kappa shape index (κ3) is 3.13. The molecule has 5 heteroatoms. The number of nitrogens with zero attached hydrogens (tertiary/aromatic N) is 2. The number of hydrogen-bond donors (Lipinski definition) is 1. The number of benzene rings is 1. The predicted octanol–water partition coefficient (Wildman–Crippen LogP) is 3.72. The summed E-state index contributed by atoms with van der Waals surface area (Å²) in [5, 5.41) is 2.16. The Morgan fingerprint density at radius 1 is 1.30 bits per heavy atom. The summed E-state index contributed by atoms with van der Waals surface area (Å²) >= 11 is 0. The summed E-state index contributed by atoms with van der Waals surface area (Å²) in [5.74, 6) is 0.444. The van der Waals surface area contributed by atoms with E-state index in [-0.39, 0.29) is 6.04 Å². The van der Waals surface area contributed by atoms with Crippen LogP contribution in [0.15, 0.2) is 48.6 Å². The molecule has 1 unspecified atom stereocenters. The highest BCUT2D eigenvalue weighted by atomic mass is 16.6. The first kappa shape index (κ1) is 15.3. The molecule has 120 valence electrons. The minimum absolute atomic E-state index is 0.137. The molecule has 2 N–H and O–H groups in total. The average Bonchev–Trinajstić information content (AvgIpc) is 2.87. The molecule has 2 heterocycles. The van der Waals surface area contributed by atoms with Crippen molar-refractivity contribution >= 4 is 16.9 Å². The molecule has 1 aliphatic rings. The molecule has 1 aromatic heterocycles. The summed E-state index contributed by atoms with van der Waals surface area (Å²) < 4.78 is 5.49. The van der Waals surface area contributed by atoms with Crippen LogP contribution in [0.5, 0.6) is 0 Å². The van der Waals surface area contributed by atoms with Crippen LogP contribution < -0.4 is 5.73 Å². The number of aromatic nitrogens is 1. The van der Waals surface area contributed by atoms with Crippen molar-refractivity contribution in [2.45, 2.75) is 38.8 Å². The van der Waals surface area contributed by atoms with Crippen LogP contribution in [0.1, 0.15) is 38.8 Å². The number of carbonyl (C=O) groups excluding carboxylic acids is 1. The number of fused-ring (bicyclic) bond motifs is 1. The Bertz CT molecular complexity index is 777. The van der Waals surface area contributed by atoms with E-state index in [4.69, 9.17) is 10.5 Å². The number of rotatable bonds is 1. The van der Waals surface area contributed by atoms with Crippen molar-refractivity contribution < 1.29 is 9.53 Å². The van der Waals surface area contributed by atoms with Gasteiger partial charge in [0.25, 0.3) is 0 Å². The van der Waals surface area contributed by atoms with Gasteiger partial charge in [-0.05, 0) is 56.4 Å². The Kier molecular flexibility index (Phi) is 3.72. The lowest BCUT2D eigenvalue weighted by molar-refractivity contribution is 0.0260. The Labute approximate surface area is 135 Å². The zero-order valence-electron chi connectivity index (χ0n) is 13.6. The minimum atomic E-state index is -0.556. The maximum Gasteiger partial charge on any atom is 0.416 e. The van der Waals surface area contributed by atoms with Gasteiger partial charge >= 0.3 is 6.09 Å². The molecule has 0 saturated carbocycles. The Hall–Kier alpha value is -2.56. The van der Waals surface area contributed by atoms with Crippen LogP contribution in [0.25, 0.3) is 10.8 Å². The van der Waals surface area contributed by atoms with Gasteiger partial charge in [0.1, 0.15) is 11.4 Å². The first-order valence-corrected chi connectivity index (χ1v) is 7.67. The zero-order valence-corrected chi connectivity index (χ0v) is 13.6. The van der Waals surface area contributed by atoms with Crippen LogP contribution in [0, 0.1) is 0 Å². The van der Waals surface area contributed by atoms with Crippen LogP contribution in [0.4, 0.5) is 4.79 Å². The van der Waals surface area contributed by atoms with E-state index in [2.05, 4.69) is 11.1 Å². The van der Waals surface area contributed by atoms with Crippen LogP contribution in [-0.4, -0.2) is 21.6 Å². The van der Waals surface area contributed by atoms with E-state index in [1.807, 2.05) is 51.2 Å². The molecule has 5 nitrogen and oxygen atoms in total. The molecule has 1 amide bonds. The number of nitrogens with two attached hydrogens (primary N) is 1. The lowest BCUT2D eigenvalue weighted by Crippen LogP contribution is -2.38. The molecular weight excluding hydrogens is 290 g/mol. The maximum absolute atomic E-state index is 12.5. The fourth-order valence-electron chi connectivity index (χ4n) is 2.75. The zero-order chi connectivity index (χ0) is 16.6. The first-order chi connectivity index (χ1) is 10.8. The Balaban J connectivity index is 1.92. The summed E-state index contributed by atoms with van der Waals surface area (Å²) in [5.41, 5.74) is 6.49. The second-order valence-corrected chi connectivity index (χ2v) is 6.71. The van der Waals surface area contributed by atoms with Crippen molar-refractivity contribution in [1.29, 1.82) is 0 Å². The average molecular weight is 311 g/mol. The lowest BCUT2D eigenvalue weighted by Gasteiger charge is -2.29. The number of ether oxygens (including phenoxy) is 1. The first-order valence-electron chi connectivity index (χ1n) is 7.67. The van der Waals surface area contributed by atoms with E-state index in [0.717, 1.165) is 16.3 Å². The quantitative estimate of drug-likeness (QED) is 0.871. The number of pyridine rings is 1. The van der Waals surface area contributed by atoms with Crippen molar-refractivity contribution in [3.63, 3.8) is 0 Å². The Morgan fingerprint density at radius 2 is 2.09 bits per heavy atom. The fraction of sp³-hybridized carbons (Fsp3) is 0.333. The van der Waals surface area contributed by atoms with Crippen LogP contribution in [0.2, 0.25) is 0 Å². The van der Waals surface area contributed by atoms with Gasteiger partial charge in [-0.1, -0.05) is 12.1 Å².